The minimum Gasteiger partial charge on any atom is -0.481 e. The predicted octanol–water partition coefficient (Wildman–Crippen LogP) is -1.93. The minimum absolute atomic E-state index is 0. The Labute approximate surface area is 192 Å². The molecule has 0 bridgehead atoms. The number of fused-ring (bicyclic) bond motifs is 1. The van der Waals surface area contributed by atoms with Crippen molar-refractivity contribution >= 4 is 41.0 Å². The smallest absolute Gasteiger partial charge is 0.326 e. The van der Waals surface area contributed by atoms with Gasteiger partial charge in [-0.3, -0.25) is 19.4 Å². The van der Waals surface area contributed by atoms with Crippen molar-refractivity contribution in [3.63, 3.8) is 0 Å². The van der Waals surface area contributed by atoms with Crippen LogP contribution in [0.5, 0.6) is 0 Å². The molecule has 0 spiro atoms. The largest absolute Gasteiger partial charge is 0.481 e. The van der Waals surface area contributed by atoms with Crippen LogP contribution in [0.2, 0.25) is 0 Å². The van der Waals surface area contributed by atoms with Crippen LogP contribution in [0.1, 0.15) is 23.2 Å². The molecular formula is C19H27N7O8. The van der Waals surface area contributed by atoms with Crippen molar-refractivity contribution in [2.75, 3.05) is 34.8 Å². The summed E-state index contributed by atoms with van der Waals surface area (Å²) in [5.41, 5.74) is 6.40. The number of H-pyrrole nitrogens is 1. The number of carboxylic acids is 2. The normalized spacial score (nSPS) is 14.5. The molecule has 186 valence electrons. The van der Waals surface area contributed by atoms with Gasteiger partial charge in [-0.25, -0.2) is 4.79 Å². The lowest BCUT2D eigenvalue weighted by Crippen LogP contribution is -2.41. The Hall–Kier alpha value is -4.37. The van der Waals surface area contributed by atoms with Crippen LogP contribution in [0.15, 0.2) is 29.1 Å². The van der Waals surface area contributed by atoms with E-state index in [1.54, 1.807) is 12.1 Å². The molecule has 2 atom stereocenters. The standard InChI is InChI=1S/C19H23N7O6.2H2O/c20-19-25-15-14(17(30)26-19)23-11(8-22-15)7-21-10-3-1-9(2-4-10)16(29)24-12(18(31)32)5-6-13(27)28;;/h1-4,11-12,21,23H,5-8H2,(H,24,29)(H,27,28)(H,31,32)(H4,20,22,25,26,30);2*1H2. The van der Waals surface area contributed by atoms with Gasteiger partial charge < -0.3 is 48.2 Å². The van der Waals surface area contributed by atoms with Crippen LogP contribution in [-0.4, -0.2) is 74.2 Å². The predicted molar refractivity (Wildman–Crippen MR) is 123 cm³/mol. The Morgan fingerprint density at radius 2 is 1.85 bits per heavy atom. The van der Waals surface area contributed by atoms with Gasteiger partial charge in [-0.05, 0) is 30.7 Å². The maximum Gasteiger partial charge on any atom is 0.326 e. The molecule has 15 nitrogen and oxygen atoms in total. The van der Waals surface area contributed by atoms with E-state index in [9.17, 15) is 19.2 Å². The van der Waals surface area contributed by atoms with Crippen LogP contribution in [-0.2, 0) is 9.59 Å². The van der Waals surface area contributed by atoms with E-state index in [2.05, 4.69) is 31.2 Å². The van der Waals surface area contributed by atoms with Gasteiger partial charge in [-0.2, -0.15) is 4.98 Å². The molecule has 13 N–H and O–H groups in total. The first-order valence-electron chi connectivity index (χ1n) is 9.72. The lowest BCUT2D eigenvalue weighted by atomic mass is 10.1. The van der Waals surface area contributed by atoms with Gasteiger partial charge >= 0.3 is 11.9 Å². The lowest BCUT2D eigenvalue weighted by Gasteiger charge is -2.27. The Morgan fingerprint density at radius 3 is 2.47 bits per heavy atom. The Balaban J connectivity index is 0.00000289. The maximum absolute atomic E-state index is 12.3. The van der Waals surface area contributed by atoms with Gasteiger partial charge in [0, 0.05) is 30.8 Å². The average Bonchev–Trinajstić information content (AvgIpc) is 2.75. The second-order valence-corrected chi connectivity index (χ2v) is 7.15. The molecular weight excluding hydrogens is 454 g/mol. The number of hydrogen-bond donors (Lipinski definition) is 8. The van der Waals surface area contributed by atoms with Crippen molar-refractivity contribution < 1.29 is 35.5 Å². The number of hydrogen-bond acceptors (Lipinski definition) is 9. The number of carbonyl (C=O) groups is 3. The molecule has 3 rings (SSSR count). The zero-order valence-corrected chi connectivity index (χ0v) is 17.8. The number of aromatic nitrogens is 2. The van der Waals surface area contributed by atoms with Crippen molar-refractivity contribution in [1.82, 2.24) is 15.3 Å². The molecule has 1 amide bonds. The Bertz CT molecular complexity index is 1070. The van der Waals surface area contributed by atoms with Crippen molar-refractivity contribution in [3.8, 4) is 0 Å². The number of nitrogens with one attached hydrogen (secondary N) is 5. The molecule has 1 aliphatic heterocycles. The molecule has 2 heterocycles. The summed E-state index contributed by atoms with van der Waals surface area (Å²) in [6.07, 6.45) is -0.587. The summed E-state index contributed by atoms with van der Waals surface area (Å²) in [6.45, 7) is 0.960. The van der Waals surface area contributed by atoms with Gasteiger partial charge in [0.15, 0.2) is 5.82 Å². The number of nitrogens with zero attached hydrogens (tertiary/aromatic N) is 1. The number of nitrogen functional groups attached to an aromatic ring is 1. The summed E-state index contributed by atoms with van der Waals surface area (Å²) < 4.78 is 0. The quantitative estimate of drug-likeness (QED) is 0.195. The molecule has 34 heavy (non-hydrogen) atoms. The maximum atomic E-state index is 12.3. The second kappa shape index (κ2) is 12.0. The van der Waals surface area contributed by atoms with E-state index in [1.165, 1.54) is 12.1 Å². The number of nitrogens with two attached hydrogens (primary N) is 1. The van der Waals surface area contributed by atoms with Crippen molar-refractivity contribution in [2.24, 2.45) is 0 Å². The van der Waals surface area contributed by atoms with E-state index in [-0.39, 0.29) is 46.9 Å². The molecule has 0 saturated carbocycles. The third-order valence-electron chi connectivity index (χ3n) is 4.75. The lowest BCUT2D eigenvalue weighted by molar-refractivity contribution is -0.140. The fraction of sp³-hybridized carbons (Fsp3) is 0.316. The molecule has 0 fully saturated rings. The van der Waals surface area contributed by atoms with Crippen LogP contribution in [0, 0.1) is 0 Å². The van der Waals surface area contributed by atoms with E-state index >= 15 is 0 Å². The second-order valence-electron chi connectivity index (χ2n) is 7.15. The number of anilines is 4. The van der Waals surface area contributed by atoms with Crippen LogP contribution < -0.4 is 32.6 Å². The third kappa shape index (κ3) is 7.07. The summed E-state index contributed by atoms with van der Waals surface area (Å²) in [5.74, 6) is -2.64. The van der Waals surface area contributed by atoms with E-state index < -0.39 is 23.9 Å². The monoisotopic (exact) mass is 481 g/mol. The molecule has 15 heteroatoms. The summed E-state index contributed by atoms with van der Waals surface area (Å²) in [6, 6.07) is 4.93. The number of benzene rings is 1. The summed E-state index contributed by atoms with van der Waals surface area (Å²) in [5, 5.41) is 29.5. The van der Waals surface area contributed by atoms with Gasteiger partial charge in [-0.15, -0.1) is 0 Å². The van der Waals surface area contributed by atoms with Gasteiger partial charge in [0.05, 0.1) is 6.04 Å². The van der Waals surface area contributed by atoms with Gasteiger partial charge in [0.1, 0.15) is 11.7 Å². The SMILES string of the molecule is Nc1nc2c(c(=O)[nH]1)NC(CNc1ccc(C(=O)NC(CCC(=O)O)C(=O)O)cc1)CN2.O.O. The summed E-state index contributed by atoms with van der Waals surface area (Å²) >= 11 is 0. The first kappa shape index (κ1) is 27.7. The number of rotatable bonds is 9. The van der Waals surface area contributed by atoms with Crippen molar-refractivity contribution in [2.45, 2.75) is 24.9 Å². The fourth-order valence-electron chi connectivity index (χ4n) is 3.10. The van der Waals surface area contributed by atoms with Crippen LogP contribution >= 0.6 is 0 Å². The Kier molecular flexibility index (Phi) is 9.79. The van der Waals surface area contributed by atoms with E-state index in [0.29, 0.717) is 30.3 Å². The highest BCUT2D eigenvalue weighted by atomic mass is 16.4. The van der Waals surface area contributed by atoms with E-state index in [0.717, 1.165) is 0 Å². The number of carbonyl (C=O) groups excluding carboxylic acids is 1. The molecule has 2 aromatic rings. The van der Waals surface area contributed by atoms with Crippen molar-refractivity contribution in [3.05, 3.63) is 40.2 Å². The van der Waals surface area contributed by atoms with Gasteiger partial charge in [-0.1, -0.05) is 0 Å². The molecule has 1 aromatic heterocycles. The molecule has 1 aromatic carbocycles. The highest BCUT2D eigenvalue weighted by Gasteiger charge is 2.23. The van der Waals surface area contributed by atoms with Crippen LogP contribution in [0.3, 0.4) is 0 Å². The van der Waals surface area contributed by atoms with Gasteiger partial charge in [0.25, 0.3) is 11.5 Å². The topological polar surface area (TPSA) is 275 Å². The summed E-state index contributed by atoms with van der Waals surface area (Å²) in [4.78, 5) is 52.6. The highest BCUT2D eigenvalue weighted by molar-refractivity contribution is 5.96. The number of aromatic amines is 1. The molecule has 2 unspecified atom stereocenters. The molecule has 0 radical (unpaired) electrons. The highest BCUT2D eigenvalue weighted by Crippen LogP contribution is 2.20. The van der Waals surface area contributed by atoms with E-state index in [4.69, 9.17) is 15.9 Å². The Morgan fingerprint density at radius 1 is 1.18 bits per heavy atom. The van der Waals surface area contributed by atoms with E-state index in [1.807, 2.05) is 0 Å². The first-order chi connectivity index (χ1) is 15.2. The number of amides is 1. The molecule has 0 aliphatic carbocycles. The van der Waals surface area contributed by atoms with Crippen LogP contribution in [0.25, 0.3) is 0 Å². The van der Waals surface area contributed by atoms with Crippen LogP contribution in [0.4, 0.5) is 23.1 Å². The average molecular weight is 481 g/mol. The van der Waals surface area contributed by atoms with Crippen molar-refractivity contribution in [1.29, 1.82) is 0 Å². The third-order valence-corrected chi connectivity index (χ3v) is 4.75. The molecule has 1 aliphatic rings. The zero-order chi connectivity index (χ0) is 23.3. The first-order valence-corrected chi connectivity index (χ1v) is 9.72. The number of aliphatic carboxylic acids is 2. The van der Waals surface area contributed by atoms with Gasteiger partial charge in [0.2, 0.25) is 5.95 Å². The fourth-order valence-corrected chi connectivity index (χ4v) is 3.10. The number of carboxylic acid groups (broad SMARTS) is 2. The zero-order valence-electron chi connectivity index (χ0n) is 17.8. The minimum atomic E-state index is -1.30. The molecule has 0 saturated heterocycles. The summed E-state index contributed by atoms with van der Waals surface area (Å²) in [7, 11) is 0.